The Morgan fingerprint density at radius 1 is 1.52 bits per heavy atom. The Morgan fingerprint density at radius 2 is 2.29 bits per heavy atom. The van der Waals surface area contributed by atoms with Crippen molar-refractivity contribution < 1.29 is 23.1 Å². The number of hydrogen-bond acceptors (Lipinski definition) is 5. The highest BCUT2D eigenvalue weighted by Gasteiger charge is 2.34. The van der Waals surface area contributed by atoms with Gasteiger partial charge in [0.25, 0.3) is 0 Å². The zero-order valence-electron chi connectivity index (χ0n) is 11.4. The van der Waals surface area contributed by atoms with E-state index in [4.69, 9.17) is 9.84 Å². The first-order valence-corrected chi connectivity index (χ1v) is 7.77. The van der Waals surface area contributed by atoms with Gasteiger partial charge in [-0.2, -0.15) is 0 Å². The van der Waals surface area contributed by atoms with Gasteiger partial charge >= 0.3 is 5.97 Å². The number of aromatic nitrogens is 1. The smallest absolute Gasteiger partial charge is 0.328 e. The molecule has 2 N–H and O–H groups in total. The van der Waals surface area contributed by atoms with E-state index in [0.29, 0.717) is 25.2 Å². The number of carbonyl (C=O) groups is 1. The lowest BCUT2D eigenvalue weighted by Gasteiger charge is -2.23. The normalized spacial score (nSPS) is 22.7. The lowest BCUT2D eigenvalue weighted by Crippen LogP contribution is -2.46. The maximum atomic E-state index is 12.3. The molecule has 2 heterocycles. The van der Waals surface area contributed by atoms with Crippen LogP contribution in [0.1, 0.15) is 18.9 Å². The maximum Gasteiger partial charge on any atom is 0.328 e. The molecule has 1 fully saturated rings. The zero-order chi connectivity index (χ0) is 15.5. The monoisotopic (exact) mass is 312 g/mol. The molecule has 2 rings (SSSR count). The van der Waals surface area contributed by atoms with Crippen LogP contribution < -0.4 is 4.72 Å². The summed E-state index contributed by atoms with van der Waals surface area (Å²) in [6.45, 7) is 2.61. The van der Waals surface area contributed by atoms with Crippen LogP contribution >= 0.6 is 0 Å². The quantitative estimate of drug-likeness (QED) is 0.773. The van der Waals surface area contributed by atoms with E-state index in [9.17, 15) is 13.2 Å². The van der Waals surface area contributed by atoms with Crippen LogP contribution in [0.3, 0.4) is 0 Å². The summed E-state index contributed by atoms with van der Waals surface area (Å²) in [6, 6.07) is 1.37. The first-order chi connectivity index (χ1) is 9.81. The van der Waals surface area contributed by atoms with Gasteiger partial charge in [-0.25, -0.2) is 17.9 Å². The number of pyridine rings is 1. The van der Waals surface area contributed by atoms with Crippen LogP contribution in [-0.4, -0.2) is 43.2 Å². The van der Waals surface area contributed by atoms with Gasteiger partial charge in [-0.1, -0.05) is 0 Å². The average molecular weight is 312 g/mol. The van der Waals surface area contributed by atoms with E-state index in [0.717, 1.165) is 6.08 Å². The molecule has 0 spiro atoms. The minimum atomic E-state index is -3.74. The van der Waals surface area contributed by atoms with Crippen LogP contribution in [-0.2, 0) is 19.6 Å². The first kappa shape index (κ1) is 15.6. The van der Waals surface area contributed by atoms with E-state index in [1.54, 1.807) is 6.92 Å². The van der Waals surface area contributed by atoms with Crippen molar-refractivity contribution in [1.29, 1.82) is 0 Å². The summed E-state index contributed by atoms with van der Waals surface area (Å²) in [7, 11) is -3.74. The van der Waals surface area contributed by atoms with Crippen molar-refractivity contribution in [3.05, 3.63) is 30.1 Å². The summed E-state index contributed by atoms with van der Waals surface area (Å²) in [4.78, 5) is 14.3. The SMILES string of the molecule is CC1(NS(=O)(=O)c2cncc(/C=C/C(=O)O)c2)CCOC1. The van der Waals surface area contributed by atoms with E-state index in [2.05, 4.69) is 9.71 Å². The van der Waals surface area contributed by atoms with Crippen LogP contribution in [0.15, 0.2) is 29.4 Å². The van der Waals surface area contributed by atoms with Crippen molar-refractivity contribution in [2.75, 3.05) is 13.2 Å². The Kier molecular flexibility index (Phi) is 4.40. The summed E-state index contributed by atoms with van der Waals surface area (Å²) < 4.78 is 32.5. The number of carboxylic acids is 1. The standard InChI is InChI=1S/C13H16N2O5S/c1-13(4-5-20-9-13)15-21(18,19)11-6-10(7-14-8-11)2-3-12(16)17/h2-3,6-8,15H,4-5,9H2,1H3,(H,16,17)/b3-2+. The maximum absolute atomic E-state index is 12.3. The second-order valence-corrected chi connectivity index (χ2v) is 6.78. The number of nitrogens with zero attached hydrogens (tertiary/aromatic N) is 1. The molecule has 0 amide bonds. The van der Waals surface area contributed by atoms with Crippen LogP contribution in [0.25, 0.3) is 6.08 Å². The number of nitrogens with one attached hydrogen (secondary N) is 1. The number of sulfonamides is 1. The summed E-state index contributed by atoms with van der Waals surface area (Å²) >= 11 is 0. The molecule has 7 nitrogen and oxygen atoms in total. The molecular weight excluding hydrogens is 296 g/mol. The van der Waals surface area contributed by atoms with Gasteiger partial charge in [-0.15, -0.1) is 0 Å². The van der Waals surface area contributed by atoms with Gasteiger partial charge < -0.3 is 9.84 Å². The van der Waals surface area contributed by atoms with E-state index < -0.39 is 21.5 Å². The number of ether oxygens (including phenoxy) is 1. The Labute approximate surface area is 122 Å². The van der Waals surface area contributed by atoms with E-state index in [1.165, 1.54) is 24.5 Å². The van der Waals surface area contributed by atoms with Crippen molar-refractivity contribution in [3.8, 4) is 0 Å². The Balaban J connectivity index is 2.24. The molecule has 21 heavy (non-hydrogen) atoms. The first-order valence-electron chi connectivity index (χ1n) is 6.29. The highest BCUT2D eigenvalue weighted by Crippen LogP contribution is 2.21. The lowest BCUT2D eigenvalue weighted by atomic mass is 10.0. The van der Waals surface area contributed by atoms with Crippen molar-refractivity contribution in [2.24, 2.45) is 0 Å². The third kappa shape index (κ3) is 4.10. The minimum absolute atomic E-state index is 0.0110. The molecule has 1 atom stereocenters. The molecule has 114 valence electrons. The van der Waals surface area contributed by atoms with Gasteiger partial charge in [0.2, 0.25) is 10.0 Å². The molecular formula is C13H16N2O5S. The molecule has 0 aliphatic carbocycles. The number of carboxylic acid groups (broad SMARTS) is 1. The largest absolute Gasteiger partial charge is 0.478 e. The number of rotatable bonds is 5. The summed E-state index contributed by atoms with van der Waals surface area (Å²) in [5, 5.41) is 8.58. The van der Waals surface area contributed by atoms with Gasteiger partial charge in [0, 0.05) is 25.1 Å². The molecule has 0 radical (unpaired) electrons. The molecule has 1 aromatic heterocycles. The van der Waals surface area contributed by atoms with Crippen LogP contribution in [0, 0.1) is 0 Å². The van der Waals surface area contributed by atoms with Crippen LogP contribution in [0.5, 0.6) is 0 Å². The van der Waals surface area contributed by atoms with Crippen molar-refractivity contribution in [3.63, 3.8) is 0 Å². The number of hydrogen-bond donors (Lipinski definition) is 2. The van der Waals surface area contributed by atoms with Gasteiger partial charge in [-0.3, -0.25) is 4.98 Å². The van der Waals surface area contributed by atoms with Gasteiger partial charge in [0.1, 0.15) is 4.90 Å². The second kappa shape index (κ2) is 5.92. The Bertz CT molecular complexity index is 663. The van der Waals surface area contributed by atoms with E-state index in [-0.39, 0.29) is 4.90 Å². The highest BCUT2D eigenvalue weighted by molar-refractivity contribution is 7.89. The predicted octanol–water partition coefficient (Wildman–Crippen LogP) is 0.637. The van der Waals surface area contributed by atoms with Crippen LogP contribution in [0.2, 0.25) is 0 Å². The molecule has 1 aromatic rings. The third-order valence-corrected chi connectivity index (χ3v) is 4.67. The van der Waals surface area contributed by atoms with E-state index in [1.807, 2.05) is 0 Å². The molecule has 8 heteroatoms. The van der Waals surface area contributed by atoms with Gasteiger partial charge in [0.05, 0.1) is 12.1 Å². The van der Waals surface area contributed by atoms with Crippen LogP contribution in [0.4, 0.5) is 0 Å². The Morgan fingerprint density at radius 3 is 2.90 bits per heavy atom. The molecule has 1 aliphatic rings. The fraction of sp³-hybridized carbons (Fsp3) is 0.385. The second-order valence-electron chi connectivity index (χ2n) is 5.09. The highest BCUT2D eigenvalue weighted by atomic mass is 32.2. The van der Waals surface area contributed by atoms with Crippen molar-refractivity contribution >= 4 is 22.1 Å². The average Bonchev–Trinajstić information content (AvgIpc) is 2.82. The van der Waals surface area contributed by atoms with Gasteiger partial charge in [-0.05, 0) is 31.1 Å². The minimum Gasteiger partial charge on any atom is -0.478 e. The number of aliphatic carboxylic acids is 1. The zero-order valence-corrected chi connectivity index (χ0v) is 12.3. The van der Waals surface area contributed by atoms with E-state index >= 15 is 0 Å². The van der Waals surface area contributed by atoms with Crippen molar-refractivity contribution in [2.45, 2.75) is 23.8 Å². The third-order valence-electron chi connectivity index (χ3n) is 3.06. The summed E-state index contributed by atoms with van der Waals surface area (Å²) in [5.41, 5.74) is -0.237. The van der Waals surface area contributed by atoms with Gasteiger partial charge in [0.15, 0.2) is 0 Å². The summed E-state index contributed by atoms with van der Waals surface area (Å²) in [6.07, 6.45) is 5.42. The van der Waals surface area contributed by atoms with Crippen molar-refractivity contribution in [1.82, 2.24) is 9.71 Å². The predicted molar refractivity (Wildman–Crippen MR) is 75.1 cm³/mol. The fourth-order valence-corrected chi connectivity index (χ4v) is 3.39. The molecule has 1 unspecified atom stereocenters. The Hall–Kier alpha value is -1.77. The molecule has 1 saturated heterocycles. The molecule has 1 aliphatic heterocycles. The molecule has 0 bridgehead atoms. The molecule has 0 saturated carbocycles. The fourth-order valence-electron chi connectivity index (χ4n) is 1.97. The lowest BCUT2D eigenvalue weighted by molar-refractivity contribution is -0.131. The topological polar surface area (TPSA) is 106 Å². The molecule has 0 aromatic carbocycles. The summed E-state index contributed by atoms with van der Waals surface area (Å²) in [5.74, 6) is -1.11.